The number of carbonyl (C=O) groups excluding carboxylic acids is 1. The highest BCUT2D eigenvalue weighted by molar-refractivity contribution is 5.88. The van der Waals surface area contributed by atoms with E-state index in [1.807, 2.05) is 30.4 Å². The van der Waals surface area contributed by atoms with E-state index in [1.54, 1.807) is 6.92 Å². The van der Waals surface area contributed by atoms with Crippen molar-refractivity contribution < 1.29 is 9.53 Å². The molecular weight excluding hydrogens is 188 g/mol. The van der Waals surface area contributed by atoms with Gasteiger partial charge < -0.3 is 4.74 Å². The van der Waals surface area contributed by atoms with Gasteiger partial charge in [0.05, 0.1) is 0 Å². The molecule has 0 unspecified atom stereocenters. The zero-order chi connectivity index (χ0) is 11.1. The largest absolute Gasteiger partial charge is 0.450 e. The van der Waals surface area contributed by atoms with Gasteiger partial charge in [-0.05, 0) is 25.5 Å². The lowest BCUT2D eigenvalue weighted by Crippen LogP contribution is -2.13. The SMILES string of the molecule is CCCCC=C(C)C(=O)OC1C=CC=C1. The van der Waals surface area contributed by atoms with Gasteiger partial charge in [-0.15, -0.1) is 0 Å². The van der Waals surface area contributed by atoms with E-state index in [1.165, 1.54) is 0 Å². The maximum Gasteiger partial charge on any atom is 0.334 e. The molecule has 1 aliphatic carbocycles. The molecule has 0 aromatic carbocycles. The van der Waals surface area contributed by atoms with Gasteiger partial charge in [-0.2, -0.15) is 0 Å². The molecule has 2 heteroatoms. The first-order chi connectivity index (χ1) is 7.24. The molecule has 0 radical (unpaired) electrons. The molecular formula is C13H18O2. The van der Waals surface area contributed by atoms with Crippen LogP contribution in [0.1, 0.15) is 33.1 Å². The fraction of sp³-hybridized carbons (Fsp3) is 0.462. The number of ether oxygens (including phenoxy) is 1. The summed E-state index contributed by atoms with van der Waals surface area (Å²) in [5.41, 5.74) is 0.706. The third-order valence-electron chi connectivity index (χ3n) is 2.29. The number of allylic oxidation sites excluding steroid dienone is 3. The maximum absolute atomic E-state index is 11.5. The average molecular weight is 206 g/mol. The van der Waals surface area contributed by atoms with Gasteiger partial charge in [-0.25, -0.2) is 4.79 Å². The second-order valence-electron chi connectivity index (χ2n) is 3.67. The fourth-order valence-electron chi connectivity index (χ4n) is 1.31. The van der Waals surface area contributed by atoms with E-state index in [2.05, 4.69) is 6.92 Å². The van der Waals surface area contributed by atoms with Crippen LogP contribution in [0.2, 0.25) is 0 Å². The Labute approximate surface area is 91.3 Å². The van der Waals surface area contributed by atoms with Crippen molar-refractivity contribution in [2.24, 2.45) is 0 Å². The predicted molar refractivity (Wildman–Crippen MR) is 61.4 cm³/mol. The van der Waals surface area contributed by atoms with E-state index in [0.29, 0.717) is 5.57 Å². The molecule has 0 saturated carbocycles. The smallest absolute Gasteiger partial charge is 0.334 e. The zero-order valence-electron chi connectivity index (χ0n) is 9.40. The Morgan fingerprint density at radius 1 is 1.40 bits per heavy atom. The van der Waals surface area contributed by atoms with E-state index in [4.69, 9.17) is 4.74 Å². The highest BCUT2D eigenvalue weighted by Crippen LogP contribution is 2.09. The van der Waals surface area contributed by atoms with Gasteiger partial charge in [-0.3, -0.25) is 0 Å². The van der Waals surface area contributed by atoms with Crippen LogP contribution in [0.25, 0.3) is 0 Å². The summed E-state index contributed by atoms with van der Waals surface area (Å²) in [4.78, 5) is 11.5. The van der Waals surface area contributed by atoms with Crippen molar-refractivity contribution in [2.45, 2.75) is 39.2 Å². The Morgan fingerprint density at radius 2 is 2.07 bits per heavy atom. The van der Waals surface area contributed by atoms with Crippen molar-refractivity contribution in [3.05, 3.63) is 36.0 Å². The molecule has 0 saturated heterocycles. The summed E-state index contributed by atoms with van der Waals surface area (Å²) in [5.74, 6) is -0.215. The van der Waals surface area contributed by atoms with Crippen molar-refractivity contribution in [1.82, 2.24) is 0 Å². The van der Waals surface area contributed by atoms with Crippen molar-refractivity contribution in [1.29, 1.82) is 0 Å². The van der Waals surface area contributed by atoms with E-state index >= 15 is 0 Å². The third-order valence-corrected chi connectivity index (χ3v) is 2.29. The first-order valence-electron chi connectivity index (χ1n) is 5.46. The summed E-state index contributed by atoms with van der Waals surface area (Å²) < 4.78 is 5.22. The molecule has 0 spiro atoms. The number of unbranched alkanes of at least 4 members (excludes halogenated alkanes) is 2. The van der Waals surface area contributed by atoms with Crippen molar-refractivity contribution >= 4 is 5.97 Å². The molecule has 15 heavy (non-hydrogen) atoms. The van der Waals surface area contributed by atoms with Crippen molar-refractivity contribution in [2.75, 3.05) is 0 Å². The predicted octanol–water partition coefficient (Wildman–Crippen LogP) is 3.16. The van der Waals surface area contributed by atoms with Gasteiger partial charge in [0.25, 0.3) is 0 Å². The molecule has 0 aromatic rings. The van der Waals surface area contributed by atoms with Crippen LogP contribution in [0.15, 0.2) is 36.0 Å². The van der Waals surface area contributed by atoms with Crippen molar-refractivity contribution in [3.8, 4) is 0 Å². The summed E-state index contributed by atoms with van der Waals surface area (Å²) in [7, 11) is 0. The molecule has 2 nitrogen and oxygen atoms in total. The molecule has 0 N–H and O–H groups in total. The van der Waals surface area contributed by atoms with Gasteiger partial charge in [0.1, 0.15) is 6.10 Å². The fourth-order valence-corrected chi connectivity index (χ4v) is 1.31. The van der Waals surface area contributed by atoms with Crippen LogP contribution >= 0.6 is 0 Å². The first-order valence-corrected chi connectivity index (χ1v) is 5.46. The van der Waals surface area contributed by atoms with Crippen LogP contribution in [0.5, 0.6) is 0 Å². The van der Waals surface area contributed by atoms with Gasteiger partial charge in [0.15, 0.2) is 0 Å². The molecule has 0 atom stereocenters. The van der Waals surface area contributed by atoms with Crippen LogP contribution in [0.4, 0.5) is 0 Å². The van der Waals surface area contributed by atoms with Crippen LogP contribution in [0, 0.1) is 0 Å². The Hall–Kier alpha value is -1.31. The molecule has 0 fully saturated rings. The quantitative estimate of drug-likeness (QED) is 0.392. The Bertz CT molecular complexity index is 286. The molecule has 1 rings (SSSR count). The van der Waals surface area contributed by atoms with Gasteiger partial charge in [-0.1, -0.05) is 38.0 Å². The first kappa shape index (κ1) is 11.8. The number of hydrogen-bond donors (Lipinski definition) is 0. The van der Waals surface area contributed by atoms with E-state index in [9.17, 15) is 4.79 Å². The van der Waals surface area contributed by atoms with Gasteiger partial charge in [0, 0.05) is 5.57 Å². The highest BCUT2D eigenvalue weighted by atomic mass is 16.5. The summed E-state index contributed by atoms with van der Waals surface area (Å²) >= 11 is 0. The third kappa shape index (κ3) is 4.15. The summed E-state index contributed by atoms with van der Waals surface area (Å²) in [6.07, 6.45) is 12.5. The number of esters is 1. The molecule has 82 valence electrons. The van der Waals surface area contributed by atoms with Gasteiger partial charge in [0.2, 0.25) is 0 Å². The molecule has 0 aliphatic heterocycles. The summed E-state index contributed by atoms with van der Waals surface area (Å²) in [6.45, 7) is 3.94. The number of rotatable bonds is 5. The molecule has 0 heterocycles. The Balaban J connectivity index is 2.35. The maximum atomic E-state index is 11.5. The second kappa shape index (κ2) is 6.23. The van der Waals surface area contributed by atoms with Crippen molar-refractivity contribution in [3.63, 3.8) is 0 Å². The minimum atomic E-state index is -0.215. The average Bonchev–Trinajstić information content (AvgIpc) is 2.70. The minimum absolute atomic E-state index is 0.174. The number of carbonyl (C=O) groups is 1. The molecule has 0 bridgehead atoms. The lowest BCUT2D eigenvalue weighted by molar-refractivity contribution is -0.140. The van der Waals surface area contributed by atoms with Gasteiger partial charge >= 0.3 is 5.97 Å². The Morgan fingerprint density at radius 3 is 2.67 bits per heavy atom. The van der Waals surface area contributed by atoms with E-state index < -0.39 is 0 Å². The van der Waals surface area contributed by atoms with Crippen LogP contribution in [0.3, 0.4) is 0 Å². The summed E-state index contributed by atoms with van der Waals surface area (Å²) in [6, 6.07) is 0. The van der Waals surface area contributed by atoms with E-state index in [0.717, 1.165) is 19.3 Å². The van der Waals surface area contributed by atoms with Crippen LogP contribution in [-0.2, 0) is 9.53 Å². The van der Waals surface area contributed by atoms with E-state index in [-0.39, 0.29) is 12.1 Å². The zero-order valence-corrected chi connectivity index (χ0v) is 9.40. The lowest BCUT2D eigenvalue weighted by Gasteiger charge is -2.08. The molecule has 0 amide bonds. The highest BCUT2D eigenvalue weighted by Gasteiger charge is 2.11. The topological polar surface area (TPSA) is 26.3 Å². The molecule has 1 aliphatic rings. The molecule has 0 aromatic heterocycles. The summed E-state index contributed by atoms with van der Waals surface area (Å²) in [5, 5.41) is 0. The Kier molecular flexibility index (Phi) is 4.88. The second-order valence-corrected chi connectivity index (χ2v) is 3.67. The van der Waals surface area contributed by atoms with Crippen LogP contribution < -0.4 is 0 Å². The monoisotopic (exact) mass is 206 g/mol. The van der Waals surface area contributed by atoms with Crippen LogP contribution in [-0.4, -0.2) is 12.1 Å². The standard InChI is InChI=1S/C13H18O2/c1-3-4-5-8-11(2)13(14)15-12-9-6-7-10-12/h6-10,12H,3-5H2,1-2H3. The number of hydrogen-bond acceptors (Lipinski definition) is 2. The lowest BCUT2D eigenvalue weighted by atomic mass is 10.2. The normalized spacial score (nSPS) is 16.0. The minimum Gasteiger partial charge on any atom is -0.450 e.